The highest BCUT2D eigenvalue weighted by molar-refractivity contribution is 7.18. The zero-order valence-corrected chi connectivity index (χ0v) is 16.3. The molecule has 2 aliphatic heterocycles. The Kier molecular flexibility index (Phi) is 4.24. The normalized spacial score (nSPS) is 30.1. The van der Waals surface area contributed by atoms with Gasteiger partial charge < -0.3 is 9.80 Å². The third-order valence-corrected chi connectivity index (χ3v) is 7.72. The summed E-state index contributed by atoms with van der Waals surface area (Å²) in [4.78, 5) is 21.9. The fourth-order valence-corrected chi connectivity index (χ4v) is 5.85. The average molecular weight is 370 g/mol. The first-order chi connectivity index (χ1) is 12.7. The first kappa shape index (κ1) is 16.7. The maximum absolute atomic E-state index is 12.3. The highest BCUT2D eigenvalue weighted by atomic mass is 32.1. The molecule has 2 saturated heterocycles. The van der Waals surface area contributed by atoms with E-state index in [1.54, 1.807) is 0 Å². The SMILES string of the molecule is CC1CCN(c2ccc3nc([C@H]4C[C@H](N5CCCCC5)C4)sc3c2)C1=O. The van der Waals surface area contributed by atoms with Crippen molar-refractivity contribution in [2.45, 2.75) is 57.4 Å². The number of carbonyl (C=O) groups is 1. The molecule has 2 aromatic rings. The Balaban J connectivity index is 1.31. The number of benzene rings is 1. The van der Waals surface area contributed by atoms with Crippen molar-refractivity contribution in [2.75, 3.05) is 24.5 Å². The number of hydrogen-bond donors (Lipinski definition) is 0. The van der Waals surface area contributed by atoms with E-state index in [1.807, 2.05) is 23.2 Å². The van der Waals surface area contributed by atoms with Gasteiger partial charge in [0.2, 0.25) is 5.91 Å². The van der Waals surface area contributed by atoms with Crippen molar-refractivity contribution < 1.29 is 4.79 Å². The van der Waals surface area contributed by atoms with E-state index in [2.05, 4.69) is 23.1 Å². The number of fused-ring (bicyclic) bond motifs is 1. The molecule has 3 aliphatic rings. The van der Waals surface area contributed by atoms with Crippen molar-refractivity contribution in [2.24, 2.45) is 5.92 Å². The van der Waals surface area contributed by atoms with E-state index in [-0.39, 0.29) is 11.8 Å². The molecule has 3 fully saturated rings. The van der Waals surface area contributed by atoms with E-state index in [9.17, 15) is 4.79 Å². The second-order valence-electron chi connectivity index (χ2n) is 8.30. The maximum Gasteiger partial charge on any atom is 0.229 e. The van der Waals surface area contributed by atoms with Gasteiger partial charge in [0.1, 0.15) is 0 Å². The molecule has 1 aromatic heterocycles. The topological polar surface area (TPSA) is 36.4 Å². The van der Waals surface area contributed by atoms with Crippen molar-refractivity contribution in [3.8, 4) is 0 Å². The van der Waals surface area contributed by atoms with Crippen LogP contribution in [-0.4, -0.2) is 41.5 Å². The number of likely N-dealkylation sites (tertiary alicyclic amines) is 1. The van der Waals surface area contributed by atoms with E-state index in [4.69, 9.17) is 4.98 Å². The molecule has 1 atom stereocenters. The van der Waals surface area contributed by atoms with Crippen LogP contribution in [0.2, 0.25) is 0 Å². The van der Waals surface area contributed by atoms with Crippen LogP contribution in [0.3, 0.4) is 0 Å². The van der Waals surface area contributed by atoms with Crippen LogP contribution in [0.4, 0.5) is 5.69 Å². The number of nitrogens with zero attached hydrogens (tertiary/aromatic N) is 3. The van der Waals surface area contributed by atoms with E-state index >= 15 is 0 Å². The van der Waals surface area contributed by atoms with Crippen LogP contribution >= 0.6 is 11.3 Å². The zero-order valence-electron chi connectivity index (χ0n) is 15.5. The van der Waals surface area contributed by atoms with Crippen molar-refractivity contribution in [1.29, 1.82) is 0 Å². The minimum absolute atomic E-state index is 0.157. The van der Waals surface area contributed by atoms with Gasteiger partial charge in [-0.25, -0.2) is 4.98 Å². The summed E-state index contributed by atoms with van der Waals surface area (Å²) in [6, 6.07) is 7.13. The molecular weight excluding hydrogens is 342 g/mol. The lowest BCUT2D eigenvalue weighted by atomic mass is 9.79. The summed E-state index contributed by atoms with van der Waals surface area (Å²) in [6.07, 6.45) is 7.66. The highest BCUT2D eigenvalue weighted by Gasteiger charge is 2.36. The van der Waals surface area contributed by atoms with E-state index in [1.165, 1.54) is 54.9 Å². The quantitative estimate of drug-likeness (QED) is 0.804. The molecule has 0 spiro atoms. The Hall–Kier alpha value is -1.46. The molecule has 1 amide bonds. The third kappa shape index (κ3) is 2.85. The molecule has 5 rings (SSSR count). The van der Waals surface area contributed by atoms with Gasteiger partial charge in [0.25, 0.3) is 0 Å². The van der Waals surface area contributed by atoms with Crippen molar-refractivity contribution in [1.82, 2.24) is 9.88 Å². The largest absolute Gasteiger partial charge is 0.312 e. The van der Waals surface area contributed by atoms with Gasteiger partial charge in [-0.3, -0.25) is 4.79 Å². The van der Waals surface area contributed by atoms with Gasteiger partial charge in [-0.1, -0.05) is 13.3 Å². The van der Waals surface area contributed by atoms with E-state index < -0.39 is 0 Å². The summed E-state index contributed by atoms with van der Waals surface area (Å²) < 4.78 is 1.23. The van der Waals surface area contributed by atoms with Crippen LogP contribution in [0.1, 0.15) is 56.4 Å². The summed E-state index contributed by atoms with van der Waals surface area (Å²) in [6.45, 7) is 5.46. The molecule has 4 nitrogen and oxygen atoms in total. The number of piperidine rings is 1. The lowest BCUT2D eigenvalue weighted by Crippen LogP contribution is -2.46. The van der Waals surface area contributed by atoms with Gasteiger partial charge in [0.05, 0.1) is 15.2 Å². The predicted molar refractivity (Wildman–Crippen MR) is 107 cm³/mol. The van der Waals surface area contributed by atoms with Crippen molar-refractivity contribution in [3.63, 3.8) is 0 Å². The first-order valence-electron chi connectivity index (χ1n) is 10.1. The van der Waals surface area contributed by atoms with Crippen LogP contribution in [0.25, 0.3) is 10.2 Å². The van der Waals surface area contributed by atoms with Crippen LogP contribution in [0, 0.1) is 5.92 Å². The fourth-order valence-electron chi connectivity index (χ4n) is 4.72. The third-order valence-electron chi connectivity index (χ3n) is 6.54. The number of anilines is 1. The Morgan fingerprint density at radius 1 is 1.12 bits per heavy atom. The predicted octanol–water partition coefficient (Wildman–Crippen LogP) is 4.40. The van der Waals surface area contributed by atoms with Crippen LogP contribution in [0.5, 0.6) is 0 Å². The number of rotatable bonds is 3. The molecule has 3 heterocycles. The molecule has 1 unspecified atom stereocenters. The van der Waals surface area contributed by atoms with Gasteiger partial charge in [0.15, 0.2) is 0 Å². The Labute approximate surface area is 159 Å². The second-order valence-corrected chi connectivity index (χ2v) is 9.36. The smallest absolute Gasteiger partial charge is 0.229 e. The number of amides is 1. The summed E-state index contributed by atoms with van der Waals surface area (Å²) in [5.74, 6) is 1.05. The summed E-state index contributed by atoms with van der Waals surface area (Å²) in [5.41, 5.74) is 2.14. The highest BCUT2D eigenvalue weighted by Crippen LogP contribution is 2.43. The minimum Gasteiger partial charge on any atom is -0.312 e. The number of hydrogen-bond acceptors (Lipinski definition) is 4. The lowest BCUT2D eigenvalue weighted by Gasteiger charge is -2.43. The molecule has 138 valence electrons. The van der Waals surface area contributed by atoms with Gasteiger partial charge in [0, 0.05) is 30.1 Å². The Morgan fingerprint density at radius 2 is 1.92 bits per heavy atom. The Morgan fingerprint density at radius 3 is 2.65 bits per heavy atom. The van der Waals surface area contributed by atoms with Crippen LogP contribution in [0.15, 0.2) is 18.2 Å². The van der Waals surface area contributed by atoms with Gasteiger partial charge in [-0.2, -0.15) is 0 Å². The molecular formula is C21H27N3OS. The summed E-state index contributed by atoms with van der Waals surface area (Å²) in [7, 11) is 0. The molecule has 5 heteroatoms. The van der Waals surface area contributed by atoms with Crippen molar-refractivity contribution in [3.05, 3.63) is 23.2 Å². The maximum atomic E-state index is 12.3. The average Bonchev–Trinajstić information content (AvgIpc) is 3.18. The minimum atomic E-state index is 0.157. The molecule has 1 aliphatic carbocycles. The van der Waals surface area contributed by atoms with E-state index in [0.717, 1.165) is 30.2 Å². The summed E-state index contributed by atoms with van der Waals surface area (Å²) >= 11 is 1.84. The molecule has 0 radical (unpaired) electrons. The van der Waals surface area contributed by atoms with Crippen LogP contribution < -0.4 is 4.90 Å². The molecule has 26 heavy (non-hydrogen) atoms. The molecule has 0 bridgehead atoms. The number of carbonyl (C=O) groups excluding carboxylic acids is 1. The van der Waals surface area contributed by atoms with Crippen molar-refractivity contribution >= 4 is 33.1 Å². The monoisotopic (exact) mass is 369 g/mol. The standard InChI is InChI=1S/C21H27N3OS/c1-14-7-10-24(21(14)25)16-5-6-18-19(13-16)26-20(22-18)15-11-17(12-15)23-8-3-2-4-9-23/h5-6,13-15,17H,2-4,7-12H2,1H3/t14?,15-,17-. The van der Waals surface area contributed by atoms with Crippen LogP contribution in [-0.2, 0) is 4.79 Å². The van der Waals surface area contributed by atoms with E-state index in [0.29, 0.717) is 5.92 Å². The molecule has 1 saturated carbocycles. The van der Waals surface area contributed by atoms with Gasteiger partial charge in [-0.15, -0.1) is 11.3 Å². The van der Waals surface area contributed by atoms with Gasteiger partial charge >= 0.3 is 0 Å². The first-order valence-corrected chi connectivity index (χ1v) is 11.0. The molecule has 1 aromatic carbocycles. The Bertz CT molecular complexity index is 820. The summed E-state index contributed by atoms with van der Waals surface area (Å²) in [5, 5.41) is 1.30. The number of thiazole rings is 1. The fraction of sp³-hybridized carbons (Fsp3) is 0.619. The second kappa shape index (κ2) is 6.61. The lowest BCUT2D eigenvalue weighted by molar-refractivity contribution is -0.119. The van der Waals surface area contributed by atoms with Gasteiger partial charge in [-0.05, 0) is 63.4 Å². The zero-order chi connectivity index (χ0) is 17.7. The molecule has 0 N–H and O–H groups in total. The number of aromatic nitrogens is 1.